The molecule has 0 amide bonds. The van der Waals surface area contributed by atoms with Crippen LogP contribution in [0.5, 0.6) is 0 Å². The maximum Gasteiger partial charge on any atom is 0.348 e. The Morgan fingerprint density at radius 1 is 1.32 bits per heavy atom. The number of hydrogen-bond donors (Lipinski definition) is 0. The molecule has 98 valence electrons. The number of methoxy groups -OCH3 is 1. The molecule has 0 bridgehead atoms. The quantitative estimate of drug-likeness (QED) is 0.473. The fraction of sp³-hybridized carbons (Fsp3) is 0.200. The first-order valence-electron chi connectivity index (χ1n) is 5.97. The number of hydrogen-bond acceptors (Lipinski definition) is 3. The van der Waals surface area contributed by atoms with Crippen LogP contribution in [0.3, 0.4) is 0 Å². The van der Waals surface area contributed by atoms with Crippen LogP contribution in [0.15, 0.2) is 60.2 Å². The van der Waals surface area contributed by atoms with E-state index in [9.17, 15) is 10.1 Å². The maximum absolute atomic E-state index is 11.1. The number of benzene rings is 1. The lowest BCUT2D eigenvalue weighted by molar-refractivity contribution is -0.610. The lowest BCUT2D eigenvalue weighted by Gasteiger charge is -2.22. The summed E-state index contributed by atoms with van der Waals surface area (Å²) in [6.07, 6.45) is 9.06. The van der Waals surface area contributed by atoms with Gasteiger partial charge in [0.05, 0.1) is 11.3 Å². The summed E-state index contributed by atoms with van der Waals surface area (Å²) in [5, 5.41) is 11.1. The molecule has 1 aliphatic rings. The highest BCUT2D eigenvalue weighted by Crippen LogP contribution is 2.28. The van der Waals surface area contributed by atoms with Gasteiger partial charge in [0.1, 0.15) is 0 Å². The second-order valence-electron chi connectivity index (χ2n) is 4.33. The van der Waals surface area contributed by atoms with Gasteiger partial charge in [0.25, 0.3) is 0 Å². The molecule has 0 heterocycles. The van der Waals surface area contributed by atoms with Crippen molar-refractivity contribution in [3.05, 3.63) is 75.9 Å². The first kappa shape index (κ1) is 13.2. The third-order valence-corrected chi connectivity index (χ3v) is 3.08. The van der Waals surface area contributed by atoms with Crippen molar-refractivity contribution in [3.8, 4) is 0 Å². The number of allylic oxidation sites excluding steroid dienone is 3. The van der Waals surface area contributed by atoms with E-state index in [1.54, 1.807) is 6.08 Å². The molecule has 0 N–H and O–H groups in total. The summed E-state index contributed by atoms with van der Waals surface area (Å²) in [6.45, 7) is 0. The summed E-state index contributed by atoms with van der Waals surface area (Å²) in [5.41, 5.74) is 0.484. The number of ether oxygens (including phenoxy) is 1. The highest BCUT2D eigenvalue weighted by atomic mass is 16.7. The molecule has 19 heavy (non-hydrogen) atoms. The van der Waals surface area contributed by atoms with E-state index in [4.69, 9.17) is 4.74 Å². The zero-order valence-corrected chi connectivity index (χ0v) is 10.7. The largest absolute Gasteiger partial charge is 0.348 e. The van der Waals surface area contributed by atoms with Gasteiger partial charge in [0.15, 0.2) is 0 Å². The molecule has 0 aromatic heterocycles. The van der Waals surface area contributed by atoms with E-state index in [1.807, 2.05) is 48.6 Å². The third-order valence-electron chi connectivity index (χ3n) is 3.08. The Balaban J connectivity index is 2.15. The summed E-state index contributed by atoms with van der Waals surface area (Å²) in [7, 11) is 1.36. The Labute approximate surface area is 111 Å². The van der Waals surface area contributed by atoms with Crippen LogP contribution in [0, 0.1) is 10.1 Å². The molecule has 1 atom stereocenters. The van der Waals surface area contributed by atoms with Gasteiger partial charge in [-0.2, -0.15) is 0 Å². The van der Waals surface area contributed by atoms with Crippen LogP contribution in [0.25, 0.3) is 6.08 Å². The van der Waals surface area contributed by atoms with Crippen molar-refractivity contribution in [1.82, 2.24) is 0 Å². The molecule has 0 saturated carbocycles. The highest BCUT2D eigenvalue weighted by molar-refractivity contribution is 5.53. The first-order valence-corrected chi connectivity index (χ1v) is 5.97. The Bertz CT molecular complexity index is 546. The molecule has 2 rings (SSSR count). The van der Waals surface area contributed by atoms with Gasteiger partial charge in [-0.25, -0.2) is 0 Å². The van der Waals surface area contributed by atoms with Crippen molar-refractivity contribution >= 4 is 6.08 Å². The van der Waals surface area contributed by atoms with E-state index in [0.717, 1.165) is 11.1 Å². The highest BCUT2D eigenvalue weighted by Gasteiger charge is 2.41. The predicted molar refractivity (Wildman–Crippen MR) is 74.1 cm³/mol. The van der Waals surface area contributed by atoms with Crippen LogP contribution in [0.1, 0.15) is 12.0 Å². The van der Waals surface area contributed by atoms with Crippen molar-refractivity contribution in [2.45, 2.75) is 12.1 Å². The van der Waals surface area contributed by atoms with Crippen LogP contribution in [-0.4, -0.2) is 17.8 Å². The van der Waals surface area contributed by atoms with E-state index >= 15 is 0 Å². The van der Waals surface area contributed by atoms with E-state index in [0.29, 0.717) is 0 Å². The van der Waals surface area contributed by atoms with E-state index in [1.165, 1.54) is 13.2 Å². The van der Waals surface area contributed by atoms with Gasteiger partial charge in [0, 0.05) is 13.2 Å². The van der Waals surface area contributed by atoms with Crippen molar-refractivity contribution in [1.29, 1.82) is 0 Å². The molecular formula is C15H15NO3. The number of nitrogens with zero attached hydrogens (tertiary/aromatic N) is 1. The van der Waals surface area contributed by atoms with Gasteiger partial charge in [-0.05, 0) is 11.1 Å². The lowest BCUT2D eigenvalue weighted by Crippen LogP contribution is -2.39. The minimum absolute atomic E-state index is 0.232. The van der Waals surface area contributed by atoms with Gasteiger partial charge in [0.2, 0.25) is 0 Å². The fourth-order valence-electron chi connectivity index (χ4n) is 1.95. The standard InChI is InChI=1S/C15H15NO3/c1-19-15(16(17)18)11-5-8-14(12-15)10-9-13-6-3-2-4-7-13/h2-11H,12H2,1H3. The molecule has 4 nitrogen and oxygen atoms in total. The number of rotatable bonds is 4. The molecule has 4 heteroatoms. The SMILES string of the molecule is COC1([N+](=O)[O-])C=CC=C(C=Cc2ccccc2)C1. The molecule has 0 spiro atoms. The van der Waals surface area contributed by atoms with E-state index < -0.39 is 10.6 Å². The summed E-state index contributed by atoms with van der Waals surface area (Å²) < 4.78 is 5.06. The third kappa shape index (κ3) is 2.98. The molecule has 1 aromatic rings. The average molecular weight is 257 g/mol. The van der Waals surface area contributed by atoms with Gasteiger partial charge in [-0.1, -0.05) is 54.6 Å². The van der Waals surface area contributed by atoms with Gasteiger partial charge in [-0.3, -0.25) is 10.1 Å². The molecule has 1 unspecified atom stereocenters. The van der Waals surface area contributed by atoms with Crippen LogP contribution in [0.4, 0.5) is 0 Å². The Morgan fingerprint density at radius 2 is 2.05 bits per heavy atom. The summed E-state index contributed by atoms with van der Waals surface area (Å²) >= 11 is 0. The van der Waals surface area contributed by atoms with Crippen molar-refractivity contribution in [2.24, 2.45) is 0 Å². The van der Waals surface area contributed by atoms with Gasteiger partial charge in [-0.15, -0.1) is 0 Å². The summed E-state index contributed by atoms with van der Waals surface area (Å²) in [4.78, 5) is 10.7. The van der Waals surface area contributed by atoms with Gasteiger partial charge >= 0.3 is 5.72 Å². The predicted octanol–water partition coefficient (Wildman–Crippen LogP) is 3.21. The minimum atomic E-state index is -1.44. The van der Waals surface area contributed by atoms with Crippen LogP contribution < -0.4 is 0 Å². The normalized spacial score (nSPS) is 22.5. The molecule has 0 saturated heterocycles. The van der Waals surface area contributed by atoms with E-state index in [-0.39, 0.29) is 6.42 Å². The topological polar surface area (TPSA) is 52.4 Å². The Morgan fingerprint density at radius 3 is 2.68 bits per heavy atom. The van der Waals surface area contributed by atoms with Crippen molar-refractivity contribution in [2.75, 3.05) is 7.11 Å². The minimum Gasteiger partial charge on any atom is -0.315 e. The second-order valence-corrected chi connectivity index (χ2v) is 4.33. The first-order chi connectivity index (χ1) is 9.16. The van der Waals surface area contributed by atoms with Crippen LogP contribution in [0.2, 0.25) is 0 Å². The van der Waals surface area contributed by atoms with Gasteiger partial charge < -0.3 is 4.74 Å². The van der Waals surface area contributed by atoms with Crippen molar-refractivity contribution < 1.29 is 9.66 Å². The second kappa shape index (κ2) is 5.63. The summed E-state index contributed by atoms with van der Waals surface area (Å²) in [6, 6.07) is 9.80. The van der Waals surface area contributed by atoms with E-state index in [2.05, 4.69) is 0 Å². The van der Waals surface area contributed by atoms with Crippen molar-refractivity contribution in [3.63, 3.8) is 0 Å². The smallest absolute Gasteiger partial charge is 0.315 e. The fourth-order valence-corrected chi connectivity index (χ4v) is 1.95. The molecule has 0 aliphatic heterocycles. The molecular weight excluding hydrogens is 242 g/mol. The molecule has 0 radical (unpaired) electrons. The molecule has 0 fully saturated rings. The Kier molecular flexibility index (Phi) is 3.92. The van der Waals surface area contributed by atoms with Crippen LogP contribution >= 0.6 is 0 Å². The summed E-state index contributed by atoms with van der Waals surface area (Å²) in [5.74, 6) is 0. The Hall–Kier alpha value is -2.20. The zero-order valence-electron chi connectivity index (χ0n) is 10.7. The molecule has 1 aromatic carbocycles. The maximum atomic E-state index is 11.1. The monoisotopic (exact) mass is 257 g/mol. The lowest BCUT2D eigenvalue weighted by atomic mass is 9.96. The molecule has 1 aliphatic carbocycles. The zero-order chi connectivity index (χ0) is 13.7. The number of nitro groups is 1. The average Bonchev–Trinajstić information content (AvgIpc) is 2.46. The van der Waals surface area contributed by atoms with Crippen LogP contribution in [-0.2, 0) is 4.74 Å².